The van der Waals surface area contributed by atoms with Crippen LogP contribution in [-0.2, 0) is 9.59 Å². The fourth-order valence-electron chi connectivity index (χ4n) is 1.87. The van der Waals surface area contributed by atoms with E-state index in [0.29, 0.717) is 5.92 Å². The molecule has 2 unspecified atom stereocenters. The number of hydrogen-bond donors (Lipinski definition) is 2. The molecule has 2 atom stereocenters. The number of amides is 2. The molecule has 0 saturated heterocycles. The van der Waals surface area contributed by atoms with Gasteiger partial charge in [0.15, 0.2) is 0 Å². The molecule has 0 aromatic carbocycles. The van der Waals surface area contributed by atoms with E-state index in [9.17, 15) is 18.4 Å². The first-order valence-electron chi connectivity index (χ1n) is 6.40. The van der Waals surface area contributed by atoms with E-state index in [1.54, 1.807) is 0 Å². The molecule has 5 nitrogen and oxygen atoms in total. The molecule has 0 radical (unpaired) electrons. The van der Waals surface area contributed by atoms with Gasteiger partial charge < -0.3 is 15.3 Å². The van der Waals surface area contributed by atoms with Gasteiger partial charge in [-0.15, -0.1) is 0 Å². The van der Waals surface area contributed by atoms with Crippen LogP contribution >= 0.6 is 0 Å². The first-order chi connectivity index (χ1) is 8.95. The van der Waals surface area contributed by atoms with Gasteiger partial charge in [0.1, 0.15) is 0 Å². The van der Waals surface area contributed by atoms with Gasteiger partial charge in [0.2, 0.25) is 11.8 Å². The number of carbonyl (C=O) groups excluding carboxylic acids is 2. The van der Waals surface area contributed by atoms with E-state index in [-0.39, 0.29) is 37.9 Å². The molecule has 0 aromatic rings. The molecule has 0 aliphatic heterocycles. The summed E-state index contributed by atoms with van der Waals surface area (Å²) in [4.78, 5) is 24.0. The summed E-state index contributed by atoms with van der Waals surface area (Å²) in [5, 5.41) is 11.3. The van der Waals surface area contributed by atoms with E-state index < -0.39 is 18.9 Å². The van der Waals surface area contributed by atoms with Crippen molar-refractivity contribution >= 4 is 11.8 Å². The van der Waals surface area contributed by atoms with Gasteiger partial charge in [0, 0.05) is 25.4 Å². The second-order valence-electron chi connectivity index (χ2n) is 4.81. The van der Waals surface area contributed by atoms with Crippen molar-refractivity contribution < 1.29 is 23.5 Å². The van der Waals surface area contributed by atoms with Crippen molar-refractivity contribution in [1.82, 2.24) is 10.2 Å². The number of nitrogens with zero attached hydrogens (tertiary/aromatic N) is 1. The molecule has 0 bridgehead atoms. The van der Waals surface area contributed by atoms with Crippen molar-refractivity contribution in [2.75, 3.05) is 26.2 Å². The van der Waals surface area contributed by atoms with E-state index in [1.807, 2.05) is 6.92 Å². The summed E-state index contributed by atoms with van der Waals surface area (Å²) in [6.07, 6.45) is -1.79. The van der Waals surface area contributed by atoms with Crippen LogP contribution in [0.2, 0.25) is 0 Å². The molecule has 0 heterocycles. The van der Waals surface area contributed by atoms with Crippen LogP contribution in [0.25, 0.3) is 0 Å². The van der Waals surface area contributed by atoms with Gasteiger partial charge in [-0.05, 0) is 12.3 Å². The average Bonchev–Trinajstić information content (AvgIpc) is 3.05. The molecule has 1 aliphatic rings. The van der Waals surface area contributed by atoms with Crippen LogP contribution in [0.5, 0.6) is 0 Å². The standard InChI is InChI=1S/C12H20F2N2O3/c1-8-6-9(8)12(19)15-3-2-11(18)16(4-5-17)7-10(13)14/h8-10,17H,2-7H2,1H3,(H,15,19). The molecule has 1 rings (SSSR count). The summed E-state index contributed by atoms with van der Waals surface area (Å²) in [7, 11) is 0. The van der Waals surface area contributed by atoms with Crippen molar-refractivity contribution in [3.8, 4) is 0 Å². The fourth-order valence-corrected chi connectivity index (χ4v) is 1.87. The van der Waals surface area contributed by atoms with E-state index in [0.717, 1.165) is 11.3 Å². The molecule has 19 heavy (non-hydrogen) atoms. The molecule has 7 heteroatoms. The van der Waals surface area contributed by atoms with Crippen LogP contribution in [0, 0.1) is 11.8 Å². The molecule has 110 valence electrons. The summed E-state index contributed by atoms with van der Waals surface area (Å²) < 4.78 is 24.5. The summed E-state index contributed by atoms with van der Waals surface area (Å²) in [5.41, 5.74) is 0. The number of nitrogens with one attached hydrogen (secondary N) is 1. The molecular formula is C12H20F2N2O3. The monoisotopic (exact) mass is 278 g/mol. The Labute approximate surface area is 111 Å². The maximum absolute atomic E-state index is 12.2. The lowest BCUT2D eigenvalue weighted by atomic mass is 10.3. The third kappa shape index (κ3) is 5.50. The lowest BCUT2D eigenvalue weighted by molar-refractivity contribution is -0.133. The number of aliphatic hydroxyl groups is 1. The van der Waals surface area contributed by atoms with E-state index in [1.165, 1.54) is 0 Å². The van der Waals surface area contributed by atoms with Crippen LogP contribution in [0.4, 0.5) is 8.78 Å². The third-order valence-electron chi connectivity index (χ3n) is 3.17. The SMILES string of the molecule is CC1CC1C(=O)NCCC(=O)N(CCO)CC(F)F. The summed E-state index contributed by atoms with van der Waals surface area (Å²) in [6.45, 7) is 0.960. The van der Waals surface area contributed by atoms with Crippen molar-refractivity contribution in [3.63, 3.8) is 0 Å². The van der Waals surface area contributed by atoms with E-state index in [4.69, 9.17) is 5.11 Å². The Bertz CT molecular complexity index is 326. The zero-order valence-electron chi connectivity index (χ0n) is 10.9. The summed E-state index contributed by atoms with van der Waals surface area (Å²) in [6, 6.07) is 0. The average molecular weight is 278 g/mol. The lowest BCUT2D eigenvalue weighted by Crippen LogP contribution is -2.39. The normalized spacial score (nSPS) is 21.3. The molecular weight excluding hydrogens is 258 g/mol. The molecule has 1 aliphatic carbocycles. The first-order valence-corrected chi connectivity index (χ1v) is 6.40. The Morgan fingerprint density at radius 1 is 1.47 bits per heavy atom. The minimum absolute atomic E-state index is 0.0282. The predicted molar refractivity (Wildman–Crippen MR) is 64.6 cm³/mol. The Kier molecular flexibility index (Phi) is 6.14. The molecule has 2 amide bonds. The second-order valence-corrected chi connectivity index (χ2v) is 4.81. The maximum atomic E-state index is 12.2. The van der Waals surface area contributed by atoms with Gasteiger partial charge in [0.05, 0.1) is 13.2 Å². The summed E-state index contributed by atoms with van der Waals surface area (Å²) in [5.74, 6) is -0.147. The molecule has 0 aromatic heterocycles. The Hall–Kier alpha value is -1.24. The van der Waals surface area contributed by atoms with Crippen LogP contribution in [0.1, 0.15) is 19.8 Å². The van der Waals surface area contributed by atoms with Crippen LogP contribution in [-0.4, -0.2) is 54.5 Å². The van der Waals surface area contributed by atoms with Gasteiger partial charge in [-0.3, -0.25) is 9.59 Å². The predicted octanol–water partition coefficient (Wildman–Crippen LogP) is 0.235. The Morgan fingerprint density at radius 2 is 2.11 bits per heavy atom. The number of rotatable bonds is 8. The number of halogens is 2. The van der Waals surface area contributed by atoms with Crippen molar-refractivity contribution in [2.45, 2.75) is 26.2 Å². The number of aliphatic hydroxyl groups excluding tert-OH is 1. The quantitative estimate of drug-likeness (QED) is 0.668. The van der Waals surface area contributed by atoms with Gasteiger partial charge >= 0.3 is 0 Å². The Balaban J connectivity index is 2.25. The minimum Gasteiger partial charge on any atom is -0.395 e. The second kappa shape index (κ2) is 7.37. The van der Waals surface area contributed by atoms with E-state index in [2.05, 4.69) is 5.32 Å². The van der Waals surface area contributed by atoms with Gasteiger partial charge in [-0.25, -0.2) is 8.78 Å². The minimum atomic E-state index is -2.63. The number of carbonyl (C=O) groups is 2. The highest BCUT2D eigenvalue weighted by atomic mass is 19.3. The number of hydrogen-bond acceptors (Lipinski definition) is 3. The van der Waals surface area contributed by atoms with Crippen molar-refractivity contribution in [3.05, 3.63) is 0 Å². The zero-order chi connectivity index (χ0) is 14.4. The van der Waals surface area contributed by atoms with Gasteiger partial charge in [-0.2, -0.15) is 0 Å². The molecule has 1 fully saturated rings. The number of alkyl halides is 2. The molecule has 1 saturated carbocycles. The highest BCUT2D eigenvalue weighted by Gasteiger charge is 2.38. The van der Waals surface area contributed by atoms with E-state index >= 15 is 0 Å². The van der Waals surface area contributed by atoms with Crippen LogP contribution in [0.15, 0.2) is 0 Å². The van der Waals surface area contributed by atoms with Gasteiger partial charge in [0.25, 0.3) is 6.43 Å². The topological polar surface area (TPSA) is 69.6 Å². The maximum Gasteiger partial charge on any atom is 0.255 e. The van der Waals surface area contributed by atoms with Crippen molar-refractivity contribution in [1.29, 1.82) is 0 Å². The molecule has 0 spiro atoms. The molecule has 2 N–H and O–H groups in total. The first kappa shape index (κ1) is 15.8. The smallest absolute Gasteiger partial charge is 0.255 e. The highest BCUT2D eigenvalue weighted by molar-refractivity contribution is 5.82. The van der Waals surface area contributed by atoms with Crippen molar-refractivity contribution in [2.24, 2.45) is 11.8 Å². The lowest BCUT2D eigenvalue weighted by Gasteiger charge is -2.21. The van der Waals surface area contributed by atoms with Crippen LogP contribution in [0.3, 0.4) is 0 Å². The Morgan fingerprint density at radius 3 is 2.58 bits per heavy atom. The third-order valence-corrected chi connectivity index (χ3v) is 3.17. The van der Waals surface area contributed by atoms with Gasteiger partial charge in [-0.1, -0.05) is 6.92 Å². The highest BCUT2D eigenvalue weighted by Crippen LogP contribution is 2.37. The zero-order valence-corrected chi connectivity index (χ0v) is 10.9. The fraction of sp³-hybridized carbons (Fsp3) is 0.833. The van der Waals surface area contributed by atoms with Crippen LogP contribution < -0.4 is 5.32 Å². The largest absolute Gasteiger partial charge is 0.395 e. The summed E-state index contributed by atoms with van der Waals surface area (Å²) >= 11 is 0.